The molecule has 0 fully saturated rings. The van der Waals surface area contributed by atoms with Gasteiger partial charge in [0.1, 0.15) is 13.2 Å². The highest BCUT2D eigenvalue weighted by Crippen LogP contribution is 2.37. The van der Waals surface area contributed by atoms with Crippen molar-refractivity contribution in [1.82, 2.24) is 5.43 Å². The summed E-state index contributed by atoms with van der Waals surface area (Å²) >= 11 is 3.56. The summed E-state index contributed by atoms with van der Waals surface area (Å²) in [5.74, 6) is 2.15. The smallest absolute Gasteiger partial charge is 0.244 e. The summed E-state index contributed by atoms with van der Waals surface area (Å²) in [6, 6.07) is 28.8. The van der Waals surface area contributed by atoms with Crippen LogP contribution in [0.3, 0.4) is 0 Å². The minimum Gasteiger partial charge on any atom is -0.493 e. The summed E-state index contributed by atoms with van der Waals surface area (Å²) in [5.41, 5.74) is 6.18. The van der Waals surface area contributed by atoms with E-state index in [1.165, 1.54) is 0 Å². The number of nitrogens with zero attached hydrogens (tertiary/aromatic N) is 1. The Labute approximate surface area is 236 Å². The van der Waals surface area contributed by atoms with Gasteiger partial charge in [-0.25, -0.2) is 5.43 Å². The molecule has 0 radical (unpaired) electrons. The molecule has 4 rings (SSSR count). The van der Waals surface area contributed by atoms with E-state index in [4.69, 9.17) is 18.9 Å². The van der Waals surface area contributed by atoms with E-state index in [0.29, 0.717) is 34.1 Å². The quantitative estimate of drug-likeness (QED) is 0.155. The number of hydrogen-bond donors (Lipinski definition) is 1. The highest BCUT2D eigenvalue weighted by atomic mass is 79.9. The third-order valence-corrected chi connectivity index (χ3v) is 6.30. The Balaban J connectivity index is 1.37. The van der Waals surface area contributed by atoms with E-state index in [-0.39, 0.29) is 18.9 Å². The van der Waals surface area contributed by atoms with Gasteiger partial charge in [-0.1, -0.05) is 66.7 Å². The van der Waals surface area contributed by atoms with Gasteiger partial charge in [0.15, 0.2) is 23.0 Å². The zero-order valence-electron chi connectivity index (χ0n) is 21.7. The minimum absolute atomic E-state index is 0.199. The largest absolute Gasteiger partial charge is 0.493 e. The lowest BCUT2D eigenvalue weighted by Gasteiger charge is -2.15. The van der Waals surface area contributed by atoms with E-state index in [9.17, 15) is 4.79 Å². The summed E-state index contributed by atoms with van der Waals surface area (Å²) in [6.45, 7) is 0.733. The highest BCUT2D eigenvalue weighted by Gasteiger charge is 2.13. The Morgan fingerprint density at radius 3 is 2.13 bits per heavy atom. The molecule has 0 unspecified atom stereocenters. The van der Waals surface area contributed by atoms with Crippen molar-refractivity contribution >= 4 is 28.1 Å². The Hall–Kier alpha value is -4.30. The van der Waals surface area contributed by atoms with Crippen LogP contribution in [0.2, 0.25) is 0 Å². The first-order chi connectivity index (χ1) is 19.1. The maximum absolute atomic E-state index is 12.1. The molecule has 200 valence electrons. The van der Waals surface area contributed by atoms with Crippen molar-refractivity contribution in [2.75, 3.05) is 14.2 Å². The SMILES string of the molecule is COc1cc(COc2c(Br)cc(/C=N/NC(=O)Cc3ccccc3)cc2OC)ccc1OCc1ccccc1. The van der Waals surface area contributed by atoms with Crippen LogP contribution in [0.4, 0.5) is 0 Å². The van der Waals surface area contributed by atoms with Crippen LogP contribution >= 0.6 is 15.9 Å². The third kappa shape index (κ3) is 8.09. The zero-order valence-corrected chi connectivity index (χ0v) is 23.3. The Morgan fingerprint density at radius 2 is 1.44 bits per heavy atom. The summed E-state index contributed by atoms with van der Waals surface area (Å²) in [5, 5.41) is 4.07. The molecule has 0 saturated carbocycles. The molecule has 39 heavy (non-hydrogen) atoms. The fourth-order valence-electron chi connectivity index (χ4n) is 3.77. The number of amides is 1. The number of rotatable bonds is 12. The standard InChI is InChI=1S/C31H29BrN2O5/c1-36-28-16-24(13-14-27(28)38-20-23-11-7-4-8-12-23)21-39-31-26(32)15-25(17-29(31)37-2)19-33-34-30(35)18-22-9-5-3-6-10-22/h3-17,19H,18,20-21H2,1-2H3,(H,34,35)/b33-19+. The van der Waals surface area contributed by atoms with Crippen LogP contribution in [-0.4, -0.2) is 26.3 Å². The van der Waals surface area contributed by atoms with Crippen molar-refractivity contribution in [3.63, 3.8) is 0 Å². The van der Waals surface area contributed by atoms with Gasteiger partial charge in [-0.3, -0.25) is 4.79 Å². The van der Waals surface area contributed by atoms with Gasteiger partial charge in [0, 0.05) is 0 Å². The van der Waals surface area contributed by atoms with E-state index in [0.717, 1.165) is 22.3 Å². The lowest BCUT2D eigenvalue weighted by atomic mass is 10.1. The number of halogens is 1. The van der Waals surface area contributed by atoms with Gasteiger partial charge in [0.2, 0.25) is 5.91 Å². The molecule has 0 saturated heterocycles. The molecule has 4 aromatic rings. The molecule has 4 aromatic carbocycles. The van der Waals surface area contributed by atoms with E-state index in [1.54, 1.807) is 26.5 Å². The number of carbonyl (C=O) groups excluding carboxylic acids is 1. The van der Waals surface area contributed by atoms with Crippen molar-refractivity contribution < 1.29 is 23.7 Å². The Bertz CT molecular complexity index is 1410. The van der Waals surface area contributed by atoms with Crippen LogP contribution in [0, 0.1) is 0 Å². The van der Waals surface area contributed by atoms with Gasteiger partial charge >= 0.3 is 0 Å². The molecule has 0 spiro atoms. The lowest BCUT2D eigenvalue weighted by Crippen LogP contribution is -2.19. The molecule has 1 N–H and O–H groups in total. The molecule has 8 heteroatoms. The zero-order chi connectivity index (χ0) is 27.5. The summed E-state index contributed by atoms with van der Waals surface area (Å²) in [4.78, 5) is 12.1. The average Bonchev–Trinajstić information content (AvgIpc) is 2.96. The molecule has 0 aliphatic carbocycles. The molecule has 0 aliphatic heterocycles. The van der Waals surface area contributed by atoms with E-state index in [2.05, 4.69) is 26.5 Å². The molecule has 0 aromatic heterocycles. The van der Waals surface area contributed by atoms with Crippen LogP contribution < -0.4 is 24.4 Å². The van der Waals surface area contributed by atoms with E-state index in [1.807, 2.05) is 84.9 Å². The highest BCUT2D eigenvalue weighted by molar-refractivity contribution is 9.10. The summed E-state index contributed by atoms with van der Waals surface area (Å²) in [6.07, 6.45) is 1.81. The fraction of sp³-hybridized carbons (Fsp3) is 0.161. The summed E-state index contributed by atoms with van der Waals surface area (Å²) in [7, 11) is 3.18. The molecular formula is C31H29BrN2O5. The molecule has 0 heterocycles. The predicted octanol–water partition coefficient (Wildman–Crippen LogP) is 6.32. The number of nitrogens with one attached hydrogen (secondary N) is 1. The third-order valence-electron chi connectivity index (χ3n) is 5.71. The second-order valence-electron chi connectivity index (χ2n) is 8.54. The van der Waals surface area contributed by atoms with Crippen LogP contribution in [0.5, 0.6) is 23.0 Å². The van der Waals surface area contributed by atoms with Gasteiger partial charge in [0.05, 0.1) is 31.3 Å². The molecule has 0 bridgehead atoms. The van der Waals surface area contributed by atoms with Crippen molar-refractivity contribution in [3.05, 3.63) is 118 Å². The van der Waals surface area contributed by atoms with Crippen LogP contribution in [0.1, 0.15) is 22.3 Å². The van der Waals surface area contributed by atoms with Gasteiger partial charge in [-0.15, -0.1) is 0 Å². The van der Waals surface area contributed by atoms with E-state index >= 15 is 0 Å². The summed E-state index contributed by atoms with van der Waals surface area (Å²) < 4.78 is 23.8. The first-order valence-electron chi connectivity index (χ1n) is 12.3. The number of ether oxygens (including phenoxy) is 4. The first-order valence-corrected chi connectivity index (χ1v) is 13.0. The molecule has 0 aliphatic rings. The van der Waals surface area contributed by atoms with E-state index < -0.39 is 0 Å². The van der Waals surface area contributed by atoms with Crippen molar-refractivity contribution in [1.29, 1.82) is 0 Å². The van der Waals surface area contributed by atoms with Crippen molar-refractivity contribution in [2.24, 2.45) is 5.10 Å². The topological polar surface area (TPSA) is 78.4 Å². The number of hydrazone groups is 1. The number of carbonyl (C=O) groups is 1. The second-order valence-corrected chi connectivity index (χ2v) is 9.39. The fourth-order valence-corrected chi connectivity index (χ4v) is 4.34. The van der Waals surface area contributed by atoms with Crippen molar-refractivity contribution in [3.8, 4) is 23.0 Å². The normalized spacial score (nSPS) is 10.7. The predicted molar refractivity (Wildman–Crippen MR) is 155 cm³/mol. The lowest BCUT2D eigenvalue weighted by molar-refractivity contribution is -0.120. The van der Waals surface area contributed by atoms with Crippen LogP contribution in [-0.2, 0) is 24.4 Å². The maximum atomic E-state index is 12.1. The van der Waals surface area contributed by atoms with Gasteiger partial charge < -0.3 is 18.9 Å². The monoisotopic (exact) mass is 588 g/mol. The van der Waals surface area contributed by atoms with Crippen molar-refractivity contribution in [2.45, 2.75) is 19.6 Å². The number of hydrogen-bond acceptors (Lipinski definition) is 6. The van der Waals surface area contributed by atoms with Crippen LogP contribution in [0.25, 0.3) is 0 Å². The van der Waals surface area contributed by atoms with Gasteiger partial charge in [-0.2, -0.15) is 5.10 Å². The molecule has 0 atom stereocenters. The molecule has 7 nitrogen and oxygen atoms in total. The Morgan fingerprint density at radius 1 is 0.769 bits per heavy atom. The first kappa shape index (κ1) is 27.7. The number of methoxy groups -OCH3 is 2. The molecule has 1 amide bonds. The van der Waals surface area contributed by atoms with Gasteiger partial charge in [0.25, 0.3) is 0 Å². The Kier molecular flexibility index (Phi) is 9.97. The maximum Gasteiger partial charge on any atom is 0.244 e. The molecular weight excluding hydrogens is 560 g/mol. The second kappa shape index (κ2) is 14.0. The number of benzene rings is 4. The van der Waals surface area contributed by atoms with Gasteiger partial charge in [-0.05, 0) is 62.4 Å². The van der Waals surface area contributed by atoms with Crippen LogP contribution in [0.15, 0.2) is 101 Å². The minimum atomic E-state index is -0.199. The average molecular weight is 589 g/mol.